The van der Waals surface area contributed by atoms with Crippen LogP contribution in [0.2, 0.25) is 0 Å². The first kappa shape index (κ1) is 26.8. The smallest absolute Gasteiger partial charge is 0.328 e. The number of alkyl halides is 3. The van der Waals surface area contributed by atoms with Crippen LogP contribution in [0.1, 0.15) is 35.5 Å². The standard InChI is InChI=1S/C31H25F3N4O2/c1-21(37(20-23-10-7-17-35-19-23)28(39)18-22-8-3-2-4-9-22)29-36-27-12-6-5-11-26(27)30(40)38(29)25-15-13-24(14-16-25)31(32,33)34/h2-17,19,21H,18,20H2,1H3. The zero-order valence-corrected chi connectivity index (χ0v) is 21.5. The van der Waals surface area contributed by atoms with Gasteiger partial charge in [0.25, 0.3) is 5.56 Å². The number of rotatable bonds is 7. The van der Waals surface area contributed by atoms with Crippen LogP contribution in [0.5, 0.6) is 0 Å². The summed E-state index contributed by atoms with van der Waals surface area (Å²) in [6, 6.07) is 23.3. The highest BCUT2D eigenvalue weighted by Crippen LogP contribution is 2.31. The van der Waals surface area contributed by atoms with Crippen LogP contribution < -0.4 is 5.56 Å². The summed E-state index contributed by atoms with van der Waals surface area (Å²) in [5.74, 6) is 0.0256. The van der Waals surface area contributed by atoms with Crippen molar-refractivity contribution in [1.29, 1.82) is 0 Å². The van der Waals surface area contributed by atoms with Crippen LogP contribution in [0.3, 0.4) is 0 Å². The van der Waals surface area contributed by atoms with Crippen LogP contribution in [0.15, 0.2) is 108 Å². The summed E-state index contributed by atoms with van der Waals surface area (Å²) in [6.45, 7) is 1.95. The number of amides is 1. The minimum absolute atomic E-state index is 0.115. The molecular formula is C31H25F3N4O2. The zero-order chi connectivity index (χ0) is 28.3. The van der Waals surface area contributed by atoms with Crippen molar-refractivity contribution in [2.75, 3.05) is 0 Å². The van der Waals surface area contributed by atoms with E-state index in [9.17, 15) is 22.8 Å². The average Bonchev–Trinajstić information content (AvgIpc) is 2.96. The molecule has 0 saturated heterocycles. The van der Waals surface area contributed by atoms with Gasteiger partial charge in [0.1, 0.15) is 5.82 Å². The van der Waals surface area contributed by atoms with Crippen LogP contribution in [0, 0.1) is 0 Å². The molecule has 0 N–H and O–H groups in total. The van der Waals surface area contributed by atoms with Crippen LogP contribution >= 0.6 is 0 Å². The lowest BCUT2D eigenvalue weighted by atomic mass is 10.1. The van der Waals surface area contributed by atoms with Gasteiger partial charge in [-0.3, -0.25) is 19.1 Å². The summed E-state index contributed by atoms with van der Waals surface area (Å²) < 4.78 is 41.1. The van der Waals surface area contributed by atoms with Crippen molar-refractivity contribution in [3.63, 3.8) is 0 Å². The van der Waals surface area contributed by atoms with Gasteiger partial charge >= 0.3 is 6.18 Å². The van der Waals surface area contributed by atoms with Crippen molar-refractivity contribution >= 4 is 16.8 Å². The normalized spacial score (nSPS) is 12.3. The molecule has 2 heterocycles. The molecule has 0 aliphatic heterocycles. The summed E-state index contributed by atoms with van der Waals surface area (Å²) in [7, 11) is 0. The van der Waals surface area contributed by atoms with E-state index in [4.69, 9.17) is 4.98 Å². The molecule has 0 spiro atoms. The molecule has 0 saturated carbocycles. The SMILES string of the molecule is CC(c1nc2ccccc2c(=O)n1-c1ccc(C(F)(F)F)cc1)N(Cc1cccnc1)C(=O)Cc1ccccc1. The van der Waals surface area contributed by atoms with Gasteiger partial charge in [-0.1, -0.05) is 48.5 Å². The number of halogens is 3. The third-order valence-electron chi connectivity index (χ3n) is 6.69. The largest absolute Gasteiger partial charge is 0.416 e. The molecule has 9 heteroatoms. The monoisotopic (exact) mass is 542 g/mol. The first-order chi connectivity index (χ1) is 19.2. The molecule has 1 atom stereocenters. The molecule has 0 fully saturated rings. The number of hydrogen-bond donors (Lipinski definition) is 0. The summed E-state index contributed by atoms with van der Waals surface area (Å²) in [5.41, 5.74) is 0.972. The summed E-state index contributed by atoms with van der Waals surface area (Å²) in [4.78, 5) is 38.1. The molecule has 0 radical (unpaired) electrons. The Morgan fingerprint density at radius 3 is 2.25 bits per heavy atom. The van der Waals surface area contributed by atoms with Crippen LogP contribution in [0.4, 0.5) is 13.2 Å². The van der Waals surface area contributed by atoms with E-state index in [-0.39, 0.29) is 30.4 Å². The molecule has 0 bridgehead atoms. The Morgan fingerprint density at radius 1 is 0.900 bits per heavy atom. The number of carbonyl (C=O) groups is 1. The number of hydrogen-bond acceptors (Lipinski definition) is 4. The summed E-state index contributed by atoms with van der Waals surface area (Å²) in [6.07, 6.45) is -1.11. The average molecular weight is 543 g/mol. The van der Waals surface area contributed by atoms with Crippen molar-refractivity contribution < 1.29 is 18.0 Å². The lowest BCUT2D eigenvalue weighted by molar-refractivity contribution is -0.137. The maximum absolute atomic E-state index is 13.8. The number of para-hydroxylation sites is 1. The first-order valence-electron chi connectivity index (χ1n) is 12.6. The highest BCUT2D eigenvalue weighted by atomic mass is 19.4. The quantitative estimate of drug-likeness (QED) is 0.248. The molecule has 40 heavy (non-hydrogen) atoms. The lowest BCUT2D eigenvalue weighted by Gasteiger charge is -2.31. The molecule has 0 aliphatic rings. The lowest BCUT2D eigenvalue weighted by Crippen LogP contribution is -2.38. The molecule has 2 aromatic heterocycles. The minimum Gasteiger partial charge on any atom is -0.328 e. The fraction of sp³-hybridized carbons (Fsp3) is 0.161. The van der Waals surface area contributed by atoms with E-state index in [1.165, 1.54) is 16.7 Å². The molecule has 5 aromatic rings. The fourth-order valence-electron chi connectivity index (χ4n) is 4.62. The fourth-order valence-corrected chi connectivity index (χ4v) is 4.62. The molecule has 202 valence electrons. The number of benzene rings is 3. The van der Waals surface area contributed by atoms with E-state index >= 15 is 0 Å². The van der Waals surface area contributed by atoms with Crippen molar-refractivity contribution in [3.05, 3.63) is 136 Å². The first-order valence-corrected chi connectivity index (χ1v) is 12.6. The molecule has 1 amide bonds. The summed E-state index contributed by atoms with van der Waals surface area (Å²) >= 11 is 0. The Kier molecular flexibility index (Phi) is 7.46. The van der Waals surface area contributed by atoms with Gasteiger partial charge in [0.05, 0.1) is 34.6 Å². The minimum atomic E-state index is -4.52. The molecule has 1 unspecified atom stereocenters. The van der Waals surface area contributed by atoms with Gasteiger partial charge in [0, 0.05) is 18.9 Å². The van der Waals surface area contributed by atoms with Gasteiger partial charge in [-0.05, 0) is 60.5 Å². The predicted molar refractivity (Wildman–Crippen MR) is 146 cm³/mol. The van der Waals surface area contributed by atoms with Gasteiger partial charge in [0.15, 0.2) is 0 Å². The van der Waals surface area contributed by atoms with E-state index in [0.717, 1.165) is 23.3 Å². The zero-order valence-electron chi connectivity index (χ0n) is 21.5. The van der Waals surface area contributed by atoms with E-state index in [0.29, 0.717) is 10.9 Å². The second kappa shape index (κ2) is 11.1. The molecule has 3 aromatic carbocycles. The van der Waals surface area contributed by atoms with Gasteiger partial charge < -0.3 is 4.90 Å². The maximum atomic E-state index is 13.8. The second-order valence-corrected chi connectivity index (χ2v) is 9.39. The van der Waals surface area contributed by atoms with Crippen LogP contribution in [-0.4, -0.2) is 25.3 Å². The van der Waals surface area contributed by atoms with Crippen molar-refractivity contribution in [1.82, 2.24) is 19.4 Å². The van der Waals surface area contributed by atoms with Crippen molar-refractivity contribution in [3.8, 4) is 5.69 Å². The van der Waals surface area contributed by atoms with Crippen molar-refractivity contribution in [2.45, 2.75) is 32.1 Å². The van der Waals surface area contributed by atoms with E-state index in [1.807, 2.05) is 36.4 Å². The number of fused-ring (bicyclic) bond motifs is 1. The third kappa shape index (κ3) is 5.63. The molecule has 5 rings (SSSR count). The number of nitrogens with zero attached hydrogens (tertiary/aromatic N) is 4. The summed E-state index contributed by atoms with van der Waals surface area (Å²) in [5, 5.41) is 0.313. The number of carbonyl (C=O) groups excluding carboxylic acids is 1. The van der Waals surface area contributed by atoms with Gasteiger partial charge in [-0.25, -0.2) is 4.98 Å². The molecule has 0 aliphatic carbocycles. The number of aromatic nitrogens is 3. The highest BCUT2D eigenvalue weighted by molar-refractivity contribution is 5.80. The topological polar surface area (TPSA) is 68.1 Å². The Morgan fingerprint density at radius 2 is 1.57 bits per heavy atom. The van der Waals surface area contributed by atoms with E-state index < -0.39 is 23.3 Å². The van der Waals surface area contributed by atoms with Crippen molar-refractivity contribution in [2.24, 2.45) is 0 Å². The molecular weight excluding hydrogens is 517 g/mol. The van der Waals surface area contributed by atoms with Gasteiger partial charge in [0.2, 0.25) is 5.91 Å². The number of pyridine rings is 1. The Labute approximate surface area is 228 Å². The second-order valence-electron chi connectivity index (χ2n) is 9.39. The van der Waals surface area contributed by atoms with E-state index in [2.05, 4.69) is 4.98 Å². The predicted octanol–water partition coefficient (Wildman–Crippen LogP) is 6.13. The molecule has 6 nitrogen and oxygen atoms in total. The van der Waals surface area contributed by atoms with Crippen LogP contribution in [-0.2, 0) is 23.9 Å². The van der Waals surface area contributed by atoms with E-state index in [1.54, 1.807) is 54.5 Å². The van der Waals surface area contributed by atoms with Gasteiger partial charge in [-0.15, -0.1) is 0 Å². The highest BCUT2D eigenvalue weighted by Gasteiger charge is 2.31. The Hall–Kier alpha value is -4.79. The van der Waals surface area contributed by atoms with Crippen LogP contribution in [0.25, 0.3) is 16.6 Å². The third-order valence-corrected chi connectivity index (χ3v) is 6.69. The maximum Gasteiger partial charge on any atom is 0.416 e. The Balaban J connectivity index is 1.64. The van der Waals surface area contributed by atoms with Gasteiger partial charge in [-0.2, -0.15) is 13.2 Å². The Bertz CT molecular complexity index is 1690.